The monoisotopic (exact) mass is 435 g/mol. The molecule has 3 aromatic rings. The zero-order chi connectivity index (χ0) is 19.7. The summed E-state index contributed by atoms with van der Waals surface area (Å²) >= 11 is 3.47. The van der Waals surface area contributed by atoms with Crippen molar-refractivity contribution >= 4 is 39.1 Å². The Labute approximate surface area is 171 Å². The molecule has 0 bridgehead atoms. The molecule has 2 amide bonds. The Kier molecular flexibility index (Phi) is 4.96. The number of nitrogens with zero attached hydrogens (tertiary/aromatic N) is 1. The lowest BCUT2D eigenvalue weighted by molar-refractivity contribution is -0.116. The van der Waals surface area contributed by atoms with Crippen molar-refractivity contribution in [2.75, 3.05) is 10.6 Å². The second kappa shape index (κ2) is 7.56. The normalized spacial score (nSPS) is 12.9. The fraction of sp³-hybridized carbons (Fsp3) is 0.136. The lowest BCUT2D eigenvalue weighted by Crippen LogP contribution is -2.19. The number of rotatable bonds is 3. The van der Waals surface area contributed by atoms with Crippen LogP contribution in [0.2, 0.25) is 0 Å². The fourth-order valence-corrected chi connectivity index (χ4v) is 3.67. The highest BCUT2D eigenvalue weighted by Crippen LogP contribution is 2.27. The quantitative estimate of drug-likeness (QED) is 0.610. The van der Waals surface area contributed by atoms with E-state index in [9.17, 15) is 9.59 Å². The van der Waals surface area contributed by atoms with Crippen LogP contribution in [0.5, 0.6) is 0 Å². The topological polar surface area (TPSA) is 71.1 Å². The Balaban J connectivity index is 1.55. The first-order chi connectivity index (χ1) is 13.5. The van der Waals surface area contributed by atoms with Gasteiger partial charge in [-0.05, 0) is 61.4 Å². The van der Waals surface area contributed by atoms with E-state index in [1.807, 2.05) is 49.4 Å². The summed E-state index contributed by atoms with van der Waals surface area (Å²) in [6.07, 6.45) is 1.14. The molecule has 140 valence electrons. The standard InChI is InChI=1S/C22H18BrN3O2/c1-13-18(7-9-19(24-13)14-3-2-4-16(23)11-14)22(28)25-17-6-8-20-15(12-17)5-10-21(27)26-20/h2-4,6-9,11-12H,5,10H2,1H3,(H,25,28)(H,26,27). The van der Waals surface area contributed by atoms with Gasteiger partial charge in [0, 0.05) is 27.8 Å². The molecule has 0 aliphatic carbocycles. The van der Waals surface area contributed by atoms with E-state index < -0.39 is 0 Å². The van der Waals surface area contributed by atoms with Gasteiger partial charge in [0.2, 0.25) is 5.91 Å². The highest BCUT2D eigenvalue weighted by molar-refractivity contribution is 9.10. The van der Waals surface area contributed by atoms with Crippen LogP contribution in [0.3, 0.4) is 0 Å². The van der Waals surface area contributed by atoms with E-state index in [2.05, 4.69) is 31.5 Å². The molecule has 4 rings (SSSR count). The molecule has 0 fully saturated rings. The number of hydrogen-bond acceptors (Lipinski definition) is 3. The van der Waals surface area contributed by atoms with Gasteiger partial charge in [-0.3, -0.25) is 14.6 Å². The number of benzene rings is 2. The Bertz CT molecular complexity index is 1090. The van der Waals surface area contributed by atoms with E-state index in [4.69, 9.17) is 0 Å². The van der Waals surface area contributed by atoms with Gasteiger partial charge in [-0.15, -0.1) is 0 Å². The number of nitrogens with one attached hydrogen (secondary N) is 2. The maximum atomic E-state index is 12.7. The molecule has 0 spiro atoms. The molecule has 1 aromatic heterocycles. The molecule has 5 nitrogen and oxygen atoms in total. The molecule has 0 radical (unpaired) electrons. The molecule has 2 heterocycles. The minimum atomic E-state index is -0.203. The van der Waals surface area contributed by atoms with Crippen molar-refractivity contribution in [2.45, 2.75) is 19.8 Å². The third-order valence-corrected chi connectivity index (χ3v) is 5.20. The van der Waals surface area contributed by atoms with E-state index in [0.717, 1.165) is 27.0 Å². The molecule has 0 saturated carbocycles. The Morgan fingerprint density at radius 3 is 2.75 bits per heavy atom. The summed E-state index contributed by atoms with van der Waals surface area (Å²) in [5.41, 5.74) is 5.55. The van der Waals surface area contributed by atoms with E-state index in [1.54, 1.807) is 12.1 Å². The highest BCUT2D eigenvalue weighted by Gasteiger charge is 2.16. The van der Waals surface area contributed by atoms with Crippen molar-refractivity contribution in [3.8, 4) is 11.3 Å². The zero-order valence-electron chi connectivity index (χ0n) is 15.3. The number of fused-ring (bicyclic) bond motifs is 1. The summed E-state index contributed by atoms with van der Waals surface area (Å²) in [7, 11) is 0. The van der Waals surface area contributed by atoms with Gasteiger partial charge in [0.1, 0.15) is 0 Å². The minimum absolute atomic E-state index is 0.0246. The summed E-state index contributed by atoms with van der Waals surface area (Å²) in [6, 6.07) is 17.1. The Morgan fingerprint density at radius 1 is 1.11 bits per heavy atom. The smallest absolute Gasteiger partial charge is 0.257 e. The first-order valence-electron chi connectivity index (χ1n) is 8.97. The molecule has 0 saturated heterocycles. The van der Waals surface area contributed by atoms with Gasteiger partial charge in [0.15, 0.2) is 0 Å². The summed E-state index contributed by atoms with van der Waals surface area (Å²) in [6.45, 7) is 1.83. The van der Waals surface area contributed by atoms with Gasteiger partial charge in [0.25, 0.3) is 5.91 Å². The van der Waals surface area contributed by atoms with Crippen LogP contribution in [0.1, 0.15) is 28.0 Å². The van der Waals surface area contributed by atoms with Crippen molar-refractivity contribution in [3.05, 3.63) is 75.9 Å². The number of hydrogen-bond donors (Lipinski definition) is 2. The number of aryl methyl sites for hydroxylation is 2. The van der Waals surface area contributed by atoms with Gasteiger partial charge in [-0.25, -0.2) is 0 Å². The molecule has 6 heteroatoms. The number of halogens is 1. The van der Waals surface area contributed by atoms with Crippen molar-refractivity contribution < 1.29 is 9.59 Å². The number of carbonyl (C=O) groups excluding carboxylic acids is 2. The van der Waals surface area contributed by atoms with Crippen LogP contribution in [0.25, 0.3) is 11.3 Å². The first-order valence-corrected chi connectivity index (χ1v) is 9.76. The molecule has 1 aliphatic heterocycles. The number of anilines is 2. The van der Waals surface area contributed by atoms with Crippen LogP contribution in [0.4, 0.5) is 11.4 Å². The highest BCUT2D eigenvalue weighted by atomic mass is 79.9. The first kappa shape index (κ1) is 18.4. The minimum Gasteiger partial charge on any atom is -0.326 e. The SMILES string of the molecule is Cc1nc(-c2cccc(Br)c2)ccc1C(=O)Nc1ccc2c(c1)CCC(=O)N2. The van der Waals surface area contributed by atoms with E-state index in [-0.39, 0.29) is 11.8 Å². The molecule has 2 aromatic carbocycles. The maximum absolute atomic E-state index is 12.7. The van der Waals surface area contributed by atoms with Gasteiger partial charge < -0.3 is 10.6 Å². The zero-order valence-corrected chi connectivity index (χ0v) is 16.8. The van der Waals surface area contributed by atoms with Crippen LogP contribution in [-0.4, -0.2) is 16.8 Å². The van der Waals surface area contributed by atoms with Crippen molar-refractivity contribution in [1.29, 1.82) is 0 Å². The molecular weight excluding hydrogens is 418 g/mol. The van der Waals surface area contributed by atoms with Crippen LogP contribution < -0.4 is 10.6 Å². The van der Waals surface area contributed by atoms with Crippen molar-refractivity contribution in [2.24, 2.45) is 0 Å². The molecule has 0 unspecified atom stereocenters. The number of amides is 2. The summed E-state index contributed by atoms with van der Waals surface area (Å²) in [5.74, 6) is -0.179. The Morgan fingerprint density at radius 2 is 1.96 bits per heavy atom. The molecular formula is C22H18BrN3O2. The van der Waals surface area contributed by atoms with E-state index in [0.29, 0.717) is 29.8 Å². The average molecular weight is 436 g/mol. The summed E-state index contributed by atoms with van der Waals surface area (Å²) < 4.78 is 0.981. The second-order valence-corrected chi connectivity index (χ2v) is 7.63. The third kappa shape index (κ3) is 3.82. The fourth-order valence-electron chi connectivity index (χ4n) is 3.27. The van der Waals surface area contributed by atoms with E-state index >= 15 is 0 Å². The van der Waals surface area contributed by atoms with Gasteiger partial charge in [-0.2, -0.15) is 0 Å². The molecule has 2 N–H and O–H groups in total. The summed E-state index contributed by atoms with van der Waals surface area (Å²) in [5, 5.41) is 5.77. The maximum Gasteiger partial charge on any atom is 0.257 e. The van der Waals surface area contributed by atoms with Crippen molar-refractivity contribution in [3.63, 3.8) is 0 Å². The third-order valence-electron chi connectivity index (χ3n) is 4.71. The molecule has 28 heavy (non-hydrogen) atoms. The van der Waals surface area contributed by atoms with Crippen LogP contribution in [0, 0.1) is 6.92 Å². The van der Waals surface area contributed by atoms with E-state index in [1.165, 1.54) is 0 Å². The summed E-state index contributed by atoms with van der Waals surface area (Å²) in [4.78, 5) is 28.8. The van der Waals surface area contributed by atoms with Gasteiger partial charge >= 0.3 is 0 Å². The lowest BCUT2D eigenvalue weighted by atomic mass is 10.0. The van der Waals surface area contributed by atoms with Crippen LogP contribution in [-0.2, 0) is 11.2 Å². The Hall–Kier alpha value is -2.99. The van der Waals surface area contributed by atoms with Gasteiger partial charge in [-0.1, -0.05) is 28.1 Å². The second-order valence-electron chi connectivity index (χ2n) is 6.71. The number of carbonyl (C=O) groups is 2. The number of pyridine rings is 1. The van der Waals surface area contributed by atoms with Gasteiger partial charge in [0.05, 0.1) is 17.0 Å². The molecule has 0 atom stereocenters. The predicted octanol–water partition coefficient (Wildman–Crippen LogP) is 4.96. The van der Waals surface area contributed by atoms with Crippen molar-refractivity contribution in [1.82, 2.24) is 4.98 Å². The number of aromatic nitrogens is 1. The van der Waals surface area contributed by atoms with Crippen LogP contribution >= 0.6 is 15.9 Å². The lowest BCUT2D eigenvalue weighted by Gasteiger charge is -2.18. The molecule has 1 aliphatic rings. The predicted molar refractivity (Wildman–Crippen MR) is 113 cm³/mol. The van der Waals surface area contributed by atoms with Crippen LogP contribution in [0.15, 0.2) is 59.1 Å². The average Bonchev–Trinajstić information content (AvgIpc) is 2.68. The largest absolute Gasteiger partial charge is 0.326 e.